The third-order valence-corrected chi connectivity index (χ3v) is 6.25. The van der Waals surface area contributed by atoms with Gasteiger partial charge in [-0.25, -0.2) is 0 Å². The van der Waals surface area contributed by atoms with Crippen molar-refractivity contribution < 1.29 is 23.5 Å². The highest BCUT2D eigenvalue weighted by molar-refractivity contribution is 5.97. The second kappa shape index (κ2) is 10.6. The van der Waals surface area contributed by atoms with Crippen LogP contribution < -0.4 is 9.47 Å². The average Bonchev–Trinajstić information content (AvgIpc) is 3.40. The number of nitrogens with zero attached hydrogens (tertiary/aromatic N) is 4. The van der Waals surface area contributed by atoms with Crippen LogP contribution in [0.3, 0.4) is 0 Å². The number of ether oxygens (including phenoxy) is 2. The molecule has 3 aromatic rings. The lowest BCUT2D eigenvalue weighted by Crippen LogP contribution is -2.39. The standard InChI is InChI=1S/C26H30N4O5/c1-17-7-8-20(25(31)29(2)16-19-6-5-15-35-19)23(27-17)18-11-13-30(14-12-18)26(32)21-9-10-22(33-3)28-24(21)34-4/h5-10,15,18H,11-14,16H2,1-4H3. The van der Waals surface area contributed by atoms with Crippen LogP contribution in [-0.2, 0) is 6.54 Å². The molecule has 0 unspecified atom stereocenters. The minimum atomic E-state index is -0.137. The van der Waals surface area contributed by atoms with Gasteiger partial charge >= 0.3 is 0 Å². The number of pyridine rings is 2. The number of aromatic nitrogens is 2. The summed E-state index contributed by atoms with van der Waals surface area (Å²) in [6.07, 6.45) is 3.01. The molecular formula is C26H30N4O5. The van der Waals surface area contributed by atoms with E-state index in [9.17, 15) is 9.59 Å². The van der Waals surface area contributed by atoms with Crippen molar-refractivity contribution in [3.8, 4) is 11.8 Å². The lowest BCUT2D eigenvalue weighted by atomic mass is 9.89. The highest BCUT2D eigenvalue weighted by Gasteiger charge is 2.30. The Hall–Kier alpha value is -3.88. The van der Waals surface area contributed by atoms with Gasteiger partial charge in [0.2, 0.25) is 11.8 Å². The predicted octanol–water partition coefficient (Wildman–Crippen LogP) is 3.69. The summed E-state index contributed by atoms with van der Waals surface area (Å²) in [5.74, 6) is 1.18. The molecule has 0 spiro atoms. The minimum absolute atomic E-state index is 0.0748. The Morgan fingerprint density at radius 2 is 1.80 bits per heavy atom. The number of carbonyl (C=O) groups is 2. The Balaban J connectivity index is 1.48. The van der Waals surface area contributed by atoms with Crippen molar-refractivity contribution in [3.63, 3.8) is 0 Å². The fourth-order valence-corrected chi connectivity index (χ4v) is 4.36. The van der Waals surface area contributed by atoms with Gasteiger partial charge in [-0.15, -0.1) is 0 Å². The van der Waals surface area contributed by atoms with E-state index in [4.69, 9.17) is 18.9 Å². The van der Waals surface area contributed by atoms with Gasteiger partial charge < -0.3 is 23.7 Å². The fraction of sp³-hybridized carbons (Fsp3) is 0.385. The topological polar surface area (TPSA) is 98.0 Å². The van der Waals surface area contributed by atoms with E-state index in [1.54, 1.807) is 41.3 Å². The summed E-state index contributed by atoms with van der Waals surface area (Å²) < 4.78 is 15.8. The molecule has 184 valence electrons. The molecule has 0 radical (unpaired) electrons. The molecule has 0 bridgehead atoms. The van der Waals surface area contributed by atoms with Crippen LogP contribution in [0.5, 0.6) is 11.8 Å². The maximum absolute atomic E-state index is 13.3. The summed E-state index contributed by atoms with van der Waals surface area (Å²) in [5.41, 5.74) is 2.64. The Labute approximate surface area is 204 Å². The van der Waals surface area contributed by atoms with Crippen LogP contribution in [0, 0.1) is 6.92 Å². The van der Waals surface area contributed by atoms with Crippen molar-refractivity contribution in [1.82, 2.24) is 19.8 Å². The smallest absolute Gasteiger partial charge is 0.259 e. The van der Waals surface area contributed by atoms with Gasteiger partial charge in [0.15, 0.2) is 0 Å². The van der Waals surface area contributed by atoms with Gasteiger partial charge in [-0.3, -0.25) is 14.6 Å². The molecule has 3 aromatic heterocycles. The van der Waals surface area contributed by atoms with Crippen LogP contribution >= 0.6 is 0 Å². The van der Waals surface area contributed by atoms with E-state index in [2.05, 4.69) is 4.98 Å². The lowest BCUT2D eigenvalue weighted by molar-refractivity contribution is 0.0702. The van der Waals surface area contributed by atoms with E-state index in [0.717, 1.165) is 17.1 Å². The number of methoxy groups -OCH3 is 2. The van der Waals surface area contributed by atoms with Gasteiger partial charge in [-0.2, -0.15) is 4.98 Å². The van der Waals surface area contributed by atoms with E-state index in [-0.39, 0.29) is 23.6 Å². The molecule has 1 saturated heterocycles. The third-order valence-electron chi connectivity index (χ3n) is 6.25. The van der Waals surface area contributed by atoms with Gasteiger partial charge in [0.25, 0.3) is 11.8 Å². The zero-order chi connectivity index (χ0) is 24.9. The molecule has 4 heterocycles. The van der Waals surface area contributed by atoms with Gasteiger partial charge in [-0.05, 0) is 50.1 Å². The Morgan fingerprint density at radius 3 is 2.46 bits per heavy atom. The van der Waals surface area contributed by atoms with E-state index in [1.165, 1.54) is 14.2 Å². The number of hydrogen-bond donors (Lipinski definition) is 0. The van der Waals surface area contributed by atoms with Crippen molar-refractivity contribution in [1.29, 1.82) is 0 Å². The molecule has 1 aliphatic rings. The molecule has 0 N–H and O–H groups in total. The first kappa shape index (κ1) is 24.3. The first-order chi connectivity index (χ1) is 16.9. The molecule has 35 heavy (non-hydrogen) atoms. The normalized spacial score (nSPS) is 14.0. The second-order valence-corrected chi connectivity index (χ2v) is 8.60. The molecule has 0 atom stereocenters. The quantitative estimate of drug-likeness (QED) is 0.511. The van der Waals surface area contributed by atoms with Crippen molar-refractivity contribution >= 4 is 11.8 Å². The predicted molar refractivity (Wildman–Crippen MR) is 129 cm³/mol. The number of aryl methyl sites for hydroxylation is 1. The van der Waals surface area contributed by atoms with E-state index >= 15 is 0 Å². The lowest BCUT2D eigenvalue weighted by Gasteiger charge is -2.33. The number of carbonyl (C=O) groups excluding carboxylic acids is 2. The van der Waals surface area contributed by atoms with Crippen LogP contribution in [0.2, 0.25) is 0 Å². The molecular weight excluding hydrogens is 448 g/mol. The Morgan fingerprint density at radius 1 is 1.06 bits per heavy atom. The average molecular weight is 479 g/mol. The van der Waals surface area contributed by atoms with Gasteiger partial charge in [0.05, 0.1) is 38.3 Å². The number of amides is 2. The number of rotatable bonds is 7. The monoisotopic (exact) mass is 478 g/mol. The number of hydrogen-bond acceptors (Lipinski definition) is 7. The highest BCUT2D eigenvalue weighted by Crippen LogP contribution is 2.31. The fourth-order valence-electron chi connectivity index (χ4n) is 4.36. The molecule has 1 fully saturated rings. The maximum Gasteiger partial charge on any atom is 0.259 e. The van der Waals surface area contributed by atoms with Crippen LogP contribution in [0.1, 0.15) is 56.6 Å². The van der Waals surface area contributed by atoms with Gasteiger partial charge in [0.1, 0.15) is 11.3 Å². The Bertz CT molecular complexity index is 1190. The van der Waals surface area contributed by atoms with Gasteiger partial charge in [-0.1, -0.05) is 0 Å². The highest BCUT2D eigenvalue weighted by atomic mass is 16.5. The molecule has 2 amide bonds. The molecule has 1 aliphatic heterocycles. The molecule has 0 aromatic carbocycles. The van der Waals surface area contributed by atoms with Crippen LogP contribution in [0.25, 0.3) is 0 Å². The third kappa shape index (κ3) is 5.29. The van der Waals surface area contributed by atoms with E-state index in [0.29, 0.717) is 49.5 Å². The number of likely N-dealkylation sites (tertiary alicyclic amines) is 1. The summed E-state index contributed by atoms with van der Waals surface area (Å²) in [4.78, 5) is 38.9. The van der Waals surface area contributed by atoms with Crippen molar-refractivity contribution in [2.45, 2.75) is 32.2 Å². The number of piperidine rings is 1. The van der Waals surface area contributed by atoms with Gasteiger partial charge in [0, 0.05) is 37.8 Å². The maximum atomic E-state index is 13.3. The molecule has 4 rings (SSSR count). The minimum Gasteiger partial charge on any atom is -0.481 e. The van der Waals surface area contributed by atoms with Crippen LogP contribution in [0.4, 0.5) is 0 Å². The zero-order valence-corrected chi connectivity index (χ0v) is 20.5. The molecule has 9 nitrogen and oxygen atoms in total. The molecule has 0 saturated carbocycles. The van der Waals surface area contributed by atoms with Crippen LogP contribution in [-0.4, -0.2) is 65.9 Å². The second-order valence-electron chi connectivity index (χ2n) is 8.60. The molecule has 9 heteroatoms. The van der Waals surface area contributed by atoms with E-state index < -0.39 is 0 Å². The van der Waals surface area contributed by atoms with Crippen molar-refractivity contribution in [3.05, 3.63) is 70.9 Å². The summed E-state index contributed by atoms with van der Waals surface area (Å²) in [7, 11) is 4.75. The Kier molecular flexibility index (Phi) is 7.33. The van der Waals surface area contributed by atoms with Crippen molar-refractivity contribution in [2.24, 2.45) is 0 Å². The first-order valence-electron chi connectivity index (χ1n) is 11.5. The van der Waals surface area contributed by atoms with E-state index in [1.807, 2.05) is 25.1 Å². The summed E-state index contributed by atoms with van der Waals surface area (Å²) in [6.45, 7) is 3.39. The van der Waals surface area contributed by atoms with Crippen molar-refractivity contribution in [2.75, 3.05) is 34.4 Å². The van der Waals surface area contributed by atoms with Crippen LogP contribution in [0.15, 0.2) is 47.1 Å². The largest absolute Gasteiger partial charge is 0.481 e. The zero-order valence-electron chi connectivity index (χ0n) is 20.5. The summed E-state index contributed by atoms with van der Waals surface area (Å²) in [5, 5.41) is 0. The number of furan rings is 1. The first-order valence-corrected chi connectivity index (χ1v) is 11.5. The summed E-state index contributed by atoms with van der Waals surface area (Å²) in [6, 6.07) is 10.7. The summed E-state index contributed by atoms with van der Waals surface area (Å²) >= 11 is 0. The SMILES string of the molecule is COc1ccc(C(=O)N2CCC(c3nc(C)ccc3C(=O)N(C)Cc3ccco3)CC2)c(OC)n1. The molecule has 0 aliphatic carbocycles.